The molecule has 1 aromatic carbocycles. The van der Waals surface area contributed by atoms with Crippen molar-refractivity contribution in [3.8, 4) is 5.88 Å². The number of hydrogen-bond acceptors (Lipinski definition) is 9. The topological polar surface area (TPSA) is 145 Å². The van der Waals surface area contributed by atoms with Crippen LogP contribution in [0.4, 0.5) is 5.69 Å². The molecule has 0 amide bonds. The zero-order valence-corrected chi connectivity index (χ0v) is 19.0. The zero-order valence-electron chi connectivity index (χ0n) is 17.4. The molecule has 0 spiro atoms. The first-order valence-corrected chi connectivity index (χ1v) is 12.8. The highest BCUT2D eigenvalue weighted by atomic mass is 32.2. The Hall–Kier alpha value is -2.44. The number of ether oxygens (including phenoxy) is 1. The Balaban J connectivity index is 2.82. The maximum Gasteiger partial charge on any atom is 0.220 e. The van der Waals surface area contributed by atoms with Gasteiger partial charge in [0, 0.05) is 44.3 Å². The van der Waals surface area contributed by atoms with Gasteiger partial charge in [-0.05, 0) is 19.1 Å². The molecule has 1 aromatic heterocycles. The summed E-state index contributed by atoms with van der Waals surface area (Å²) in [7, 11) is -4.47. The quantitative estimate of drug-likeness (QED) is 0.408. The Kier molecular flexibility index (Phi) is 6.94. The van der Waals surface area contributed by atoms with Crippen LogP contribution in [0.2, 0.25) is 0 Å². The van der Waals surface area contributed by atoms with Gasteiger partial charge < -0.3 is 15.2 Å². The van der Waals surface area contributed by atoms with E-state index >= 15 is 0 Å². The number of anilines is 1. The van der Waals surface area contributed by atoms with Crippen molar-refractivity contribution in [2.24, 2.45) is 7.05 Å². The predicted octanol–water partition coefficient (Wildman–Crippen LogP) is 0.672. The van der Waals surface area contributed by atoms with Gasteiger partial charge >= 0.3 is 0 Å². The Morgan fingerprint density at radius 1 is 1.23 bits per heavy atom. The molecular weight excluding hydrogens is 434 g/mol. The molecule has 0 aliphatic heterocycles. The first-order chi connectivity index (χ1) is 13.8. The van der Waals surface area contributed by atoms with Crippen LogP contribution in [-0.4, -0.2) is 70.3 Å². The van der Waals surface area contributed by atoms with Crippen LogP contribution in [0, 0.1) is 6.92 Å². The molecule has 0 saturated heterocycles. The van der Waals surface area contributed by atoms with Crippen molar-refractivity contribution < 1.29 is 31.5 Å². The van der Waals surface area contributed by atoms with E-state index in [1.807, 2.05) is 0 Å². The first-order valence-electron chi connectivity index (χ1n) is 8.81. The fraction of sp³-hybridized carbons (Fsp3) is 0.444. The number of nitrogens with one attached hydrogen (secondary N) is 1. The third kappa shape index (κ3) is 5.18. The summed E-state index contributed by atoms with van der Waals surface area (Å²) in [5, 5.41) is 17.1. The number of methoxy groups -OCH3 is 1. The SMILES string of the molecule is COCCNc1c(S(C)(=O)=O)ccc(C(=O)c2c(C)nn(C)c2O)c1CS(C)(=O)=O. The van der Waals surface area contributed by atoms with E-state index in [-0.39, 0.29) is 52.0 Å². The molecule has 166 valence electrons. The molecule has 0 atom stereocenters. The first kappa shape index (κ1) is 23.8. The lowest BCUT2D eigenvalue weighted by molar-refractivity contribution is 0.103. The van der Waals surface area contributed by atoms with Gasteiger partial charge in [-0.3, -0.25) is 4.79 Å². The second kappa shape index (κ2) is 8.74. The number of benzene rings is 1. The van der Waals surface area contributed by atoms with Gasteiger partial charge in [-0.1, -0.05) is 0 Å². The summed E-state index contributed by atoms with van der Waals surface area (Å²) >= 11 is 0. The van der Waals surface area contributed by atoms with E-state index in [9.17, 15) is 26.7 Å². The van der Waals surface area contributed by atoms with Crippen molar-refractivity contribution in [1.29, 1.82) is 0 Å². The Labute approximate surface area is 175 Å². The van der Waals surface area contributed by atoms with Gasteiger partial charge in [0.25, 0.3) is 0 Å². The van der Waals surface area contributed by atoms with Crippen molar-refractivity contribution in [2.75, 3.05) is 38.1 Å². The van der Waals surface area contributed by atoms with E-state index in [1.165, 1.54) is 33.2 Å². The number of aromatic hydroxyl groups is 1. The van der Waals surface area contributed by atoms with E-state index in [0.717, 1.165) is 17.2 Å². The lowest BCUT2D eigenvalue weighted by Crippen LogP contribution is -2.18. The fourth-order valence-electron chi connectivity index (χ4n) is 3.08. The third-order valence-electron chi connectivity index (χ3n) is 4.35. The molecule has 10 nitrogen and oxygen atoms in total. The number of aryl methyl sites for hydroxylation is 2. The summed E-state index contributed by atoms with van der Waals surface area (Å²) in [4.78, 5) is 13.1. The van der Waals surface area contributed by atoms with Crippen LogP contribution in [-0.2, 0) is 37.2 Å². The number of aromatic nitrogens is 2. The summed E-state index contributed by atoms with van der Waals surface area (Å²) < 4.78 is 54.9. The summed E-state index contributed by atoms with van der Waals surface area (Å²) in [5.74, 6) is -1.61. The van der Waals surface area contributed by atoms with Gasteiger partial charge in [0.1, 0.15) is 5.56 Å². The maximum atomic E-state index is 13.2. The van der Waals surface area contributed by atoms with E-state index < -0.39 is 31.2 Å². The van der Waals surface area contributed by atoms with E-state index in [1.54, 1.807) is 0 Å². The highest BCUT2D eigenvalue weighted by Crippen LogP contribution is 2.33. The third-order valence-corrected chi connectivity index (χ3v) is 6.30. The van der Waals surface area contributed by atoms with Crippen LogP contribution < -0.4 is 5.32 Å². The van der Waals surface area contributed by atoms with Crippen molar-refractivity contribution in [3.05, 3.63) is 34.5 Å². The number of carbonyl (C=O) groups is 1. The van der Waals surface area contributed by atoms with Gasteiger partial charge in [-0.25, -0.2) is 21.5 Å². The van der Waals surface area contributed by atoms with Gasteiger partial charge in [0.2, 0.25) is 11.7 Å². The highest BCUT2D eigenvalue weighted by Gasteiger charge is 2.28. The summed E-state index contributed by atoms with van der Waals surface area (Å²) in [6.07, 6.45) is 1.98. The smallest absolute Gasteiger partial charge is 0.220 e. The standard InChI is InChI=1S/C18H25N3O7S2/c1-11-15(18(23)21(2)20-11)17(22)12-6-7-14(30(5,26)27)16(19-8-9-28-3)13(12)10-29(4,24)25/h6-7,19,23H,8-10H2,1-5H3. The van der Waals surface area contributed by atoms with Crippen LogP contribution in [0.1, 0.15) is 27.2 Å². The molecule has 2 aromatic rings. The van der Waals surface area contributed by atoms with Crippen molar-refractivity contribution in [3.63, 3.8) is 0 Å². The van der Waals surface area contributed by atoms with Crippen molar-refractivity contribution in [2.45, 2.75) is 17.6 Å². The molecule has 1 heterocycles. The molecule has 0 saturated carbocycles. The highest BCUT2D eigenvalue weighted by molar-refractivity contribution is 7.91. The Morgan fingerprint density at radius 3 is 2.33 bits per heavy atom. The van der Waals surface area contributed by atoms with Gasteiger partial charge in [0.05, 0.1) is 28.6 Å². The molecule has 2 rings (SSSR count). The van der Waals surface area contributed by atoms with Crippen LogP contribution in [0.3, 0.4) is 0 Å². The molecule has 30 heavy (non-hydrogen) atoms. The van der Waals surface area contributed by atoms with E-state index in [4.69, 9.17) is 4.74 Å². The number of ketones is 1. The summed E-state index contributed by atoms with van der Waals surface area (Å²) in [6, 6.07) is 2.50. The zero-order chi connectivity index (χ0) is 22.9. The molecule has 0 aliphatic rings. The Morgan fingerprint density at radius 2 is 1.87 bits per heavy atom. The minimum atomic E-state index is -3.74. The number of rotatable bonds is 9. The molecule has 0 fully saturated rings. The second-order valence-electron chi connectivity index (χ2n) is 6.96. The average Bonchev–Trinajstić information content (AvgIpc) is 2.85. The van der Waals surface area contributed by atoms with Crippen LogP contribution >= 0.6 is 0 Å². The van der Waals surface area contributed by atoms with Crippen LogP contribution in [0.15, 0.2) is 17.0 Å². The number of carbonyl (C=O) groups excluding carboxylic acids is 1. The fourth-order valence-corrected chi connectivity index (χ4v) is 4.78. The van der Waals surface area contributed by atoms with Gasteiger partial charge in [-0.2, -0.15) is 5.10 Å². The molecule has 2 N–H and O–H groups in total. The lowest BCUT2D eigenvalue weighted by Gasteiger charge is -2.19. The number of sulfone groups is 2. The molecule has 0 unspecified atom stereocenters. The normalized spacial score (nSPS) is 12.2. The van der Waals surface area contributed by atoms with Crippen LogP contribution in [0.5, 0.6) is 5.88 Å². The molecule has 12 heteroatoms. The molecule has 0 radical (unpaired) electrons. The minimum absolute atomic E-state index is 0.00387. The Bertz CT molecular complexity index is 1180. The molecule has 0 bridgehead atoms. The van der Waals surface area contributed by atoms with Crippen LogP contribution in [0.25, 0.3) is 0 Å². The summed E-state index contributed by atoms with van der Waals surface area (Å²) in [5.41, 5.74) is 0.156. The molecular formula is C18H25N3O7S2. The minimum Gasteiger partial charge on any atom is -0.493 e. The lowest BCUT2D eigenvalue weighted by atomic mass is 9.97. The number of nitrogens with zero attached hydrogens (tertiary/aromatic N) is 2. The van der Waals surface area contributed by atoms with Crippen molar-refractivity contribution in [1.82, 2.24) is 9.78 Å². The predicted molar refractivity (Wildman–Crippen MR) is 112 cm³/mol. The van der Waals surface area contributed by atoms with Gasteiger partial charge in [0.15, 0.2) is 19.7 Å². The monoisotopic (exact) mass is 459 g/mol. The average molecular weight is 460 g/mol. The van der Waals surface area contributed by atoms with E-state index in [0.29, 0.717) is 0 Å². The maximum absolute atomic E-state index is 13.2. The number of hydrogen-bond donors (Lipinski definition) is 2. The van der Waals surface area contributed by atoms with Crippen molar-refractivity contribution >= 4 is 31.1 Å². The van der Waals surface area contributed by atoms with E-state index in [2.05, 4.69) is 10.4 Å². The summed E-state index contributed by atoms with van der Waals surface area (Å²) in [6.45, 7) is 1.94. The molecule has 0 aliphatic carbocycles. The second-order valence-corrected chi connectivity index (χ2v) is 11.1. The largest absolute Gasteiger partial charge is 0.493 e. The van der Waals surface area contributed by atoms with Gasteiger partial charge in [-0.15, -0.1) is 0 Å².